The predicted molar refractivity (Wildman–Crippen MR) is 111 cm³/mol. The molecule has 0 rings (SSSR count). The molecule has 2 N–H and O–H groups in total. The quantitative estimate of drug-likeness (QED) is 0.214. The zero-order valence-electron chi connectivity index (χ0n) is 17.3. The van der Waals surface area contributed by atoms with Gasteiger partial charge >= 0.3 is 0 Å². The molecule has 0 aliphatic heterocycles. The molecule has 0 aromatic rings. The Labute approximate surface area is 158 Å². The van der Waals surface area contributed by atoms with Crippen LogP contribution in [-0.2, 0) is 0 Å². The molecule has 0 amide bonds. The summed E-state index contributed by atoms with van der Waals surface area (Å²) >= 11 is 0. The van der Waals surface area contributed by atoms with Crippen molar-refractivity contribution in [3.05, 3.63) is 0 Å². The molecule has 0 aliphatic carbocycles. The summed E-state index contributed by atoms with van der Waals surface area (Å²) in [6.07, 6.45) is 26.6. The molecule has 0 spiro atoms. The Morgan fingerprint density at radius 2 is 0.760 bits per heavy atom. The Morgan fingerprint density at radius 3 is 1.04 bits per heavy atom. The summed E-state index contributed by atoms with van der Waals surface area (Å²) in [4.78, 5) is 0. The van der Waals surface area contributed by atoms with E-state index in [1.807, 2.05) is 0 Å². The van der Waals surface area contributed by atoms with Crippen molar-refractivity contribution in [2.45, 2.75) is 141 Å². The minimum atomic E-state index is -0.495. The zero-order valence-corrected chi connectivity index (χ0v) is 17.3. The first-order chi connectivity index (χ1) is 12.3. The molecule has 1 unspecified atom stereocenters. The lowest BCUT2D eigenvalue weighted by molar-refractivity contribution is 0.0860. The maximum absolute atomic E-state index is 9.25. The first-order valence-electron chi connectivity index (χ1n) is 11.6. The molecule has 152 valence electrons. The summed E-state index contributed by atoms with van der Waals surface area (Å²) in [7, 11) is 0. The van der Waals surface area contributed by atoms with Crippen molar-refractivity contribution in [1.29, 1.82) is 0 Å². The lowest BCUT2D eigenvalue weighted by Gasteiger charge is -2.06. The van der Waals surface area contributed by atoms with E-state index in [1.54, 1.807) is 0 Å². The third-order valence-corrected chi connectivity index (χ3v) is 5.35. The van der Waals surface area contributed by atoms with Crippen molar-refractivity contribution < 1.29 is 10.2 Å². The van der Waals surface area contributed by atoms with Gasteiger partial charge in [0, 0.05) is 0 Å². The van der Waals surface area contributed by atoms with E-state index in [2.05, 4.69) is 6.92 Å². The van der Waals surface area contributed by atoms with Crippen LogP contribution in [-0.4, -0.2) is 22.9 Å². The van der Waals surface area contributed by atoms with Crippen LogP contribution in [0.4, 0.5) is 0 Å². The summed E-state index contributed by atoms with van der Waals surface area (Å²) in [5.74, 6) is 0. The third-order valence-electron chi connectivity index (χ3n) is 5.35. The molecule has 2 nitrogen and oxygen atoms in total. The molecule has 1 atom stereocenters. The highest BCUT2D eigenvalue weighted by atomic mass is 16.3. The second-order valence-corrected chi connectivity index (χ2v) is 7.99. The topological polar surface area (TPSA) is 40.5 Å². The molecule has 0 bridgehead atoms. The Bertz CT molecular complexity index is 230. The summed E-state index contributed by atoms with van der Waals surface area (Å²) in [5.41, 5.74) is 0. The maximum atomic E-state index is 9.25. The second kappa shape index (κ2) is 22.0. The highest BCUT2D eigenvalue weighted by Gasteiger charge is 2.00. The van der Waals surface area contributed by atoms with Gasteiger partial charge in [0.2, 0.25) is 0 Å². The van der Waals surface area contributed by atoms with Crippen LogP contribution in [0.2, 0.25) is 0 Å². The smallest absolute Gasteiger partial charge is 0.0770 e. The van der Waals surface area contributed by atoms with Gasteiger partial charge in [0.15, 0.2) is 0 Å². The van der Waals surface area contributed by atoms with Crippen LogP contribution in [0.15, 0.2) is 0 Å². The lowest BCUT2D eigenvalue weighted by Crippen LogP contribution is -2.10. The van der Waals surface area contributed by atoms with Gasteiger partial charge in [-0.3, -0.25) is 0 Å². The molecule has 0 heterocycles. The molecule has 0 aromatic carbocycles. The van der Waals surface area contributed by atoms with Gasteiger partial charge in [0.05, 0.1) is 12.7 Å². The normalized spacial score (nSPS) is 12.6. The van der Waals surface area contributed by atoms with Crippen LogP contribution in [0, 0.1) is 0 Å². The van der Waals surface area contributed by atoms with Crippen molar-refractivity contribution in [3.63, 3.8) is 0 Å². The fourth-order valence-electron chi connectivity index (χ4n) is 3.55. The van der Waals surface area contributed by atoms with Gasteiger partial charge < -0.3 is 10.2 Å². The summed E-state index contributed by atoms with van der Waals surface area (Å²) in [6.45, 7) is 2.20. The molecule has 0 radical (unpaired) electrons. The molecule has 0 fully saturated rings. The van der Waals surface area contributed by atoms with Gasteiger partial charge in [-0.25, -0.2) is 0 Å². The summed E-state index contributed by atoms with van der Waals surface area (Å²) in [5, 5.41) is 18.0. The Kier molecular flexibility index (Phi) is 21.9. The number of rotatable bonds is 21. The van der Waals surface area contributed by atoms with Crippen LogP contribution in [0.1, 0.15) is 135 Å². The van der Waals surface area contributed by atoms with Crippen molar-refractivity contribution in [2.75, 3.05) is 6.61 Å². The fraction of sp³-hybridized carbons (Fsp3) is 1.00. The van der Waals surface area contributed by atoms with Crippen molar-refractivity contribution >= 4 is 0 Å². The highest BCUT2D eigenvalue weighted by molar-refractivity contribution is 4.54. The number of hydrogen-bond acceptors (Lipinski definition) is 2. The van der Waals surface area contributed by atoms with Crippen LogP contribution < -0.4 is 0 Å². The van der Waals surface area contributed by atoms with Crippen molar-refractivity contribution in [1.82, 2.24) is 0 Å². The predicted octanol–water partition coefficient (Wildman–Crippen LogP) is 7.16. The monoisotopic (exact) mass is 356 g/mol. The van der Waals surface area contributed by atoms with E-state index in [-0.39, 0.29) is 6.61 Å². The molecule has 0 aliphatic rings. The van der Waals surface area contributed by atoms with E-state index >= 15 is 0 Å². The van der Waals surface area contributed by atoms with Gasteiger partial charge in [-0.05, 0) is 6.42 Å². The van der Waals surface area contributed by atoms with E-state index in [1.165, 1.54) is 116 Å². The summed E-state index contributed by atoms with van der Waals surface area (Å²) < 4.78 is 0. The maximum Gasteiger partial charge on any atom is 0.0770 e. The average molecular weight is 357 g/mol. The van der Waals surface area contributed by atoms with Gasteiger partial charge in [0.1, 0.15) is 0 Å². The van der Waals surface area contributed by atoms with Crippen LogP contribution in [0.5, 0.6) is 0 Å². The number of unbranched alkanes of at least 4 members (excludes halogenated alkanes) is 18. The van der Waals surface area contributed by atoms with Crippen molar-refractivity contribution in [2.24, 2.45) is 0 Å². The molecule has 0 aromatic heterocycles. The van der Waals surface area contributed by atoms with E-state index < -0.39 is 6.10 Å². The first-order valence-corrected chi connectivity index (χ1v) is 11.6. The third kappa shape index (κ3) is 21.9. The molecular formula is C23H48O2. The van der Waals surface area contributed by atoms with Crippen LogP contribution >= 0.6 is 0 Å². The van der Waals surface area contributed by atoms with E-state index in [0.717, 1.165) is 12.8 Å². The summed E-state index contributed by atoms with van der Waals surface area (Å²) in [6, 6.07) is 0. The van der Waals surface area contributed by atoms with Crippen LogP contribution in [0.25, 0.3) is 0 Å². The molecule has 0 saturated heterocycles. The minimum Gasteiger partial charge on any atom is -0.394 e. The standard InChI is InChI=1S/C23H48O2/c1-2-3-4-5-6-7-8-9-10-11-12-13-14-15-16-17-18-19-20-21-23(25)22-24/h23-25H,2-22H2,1H3. The highest BCUT2D eigenvalue weighted by Crippen LogP contribution is 2.14. The lowest BCUT2D eigenvalue weighted by atomic mass is 10.0. The molecule has 2 heteroatoms. The second-order valence-electron chi connectivity index (χ2n) is 7.99. The Balaban J connectivity index is 2.98. The average Bonchev–Trinajstić information content (AvgIpc) is 2.63. The number of aliphatic hydroxyl groups is 2. The zero-order chi connectivity index (χ0) is 18.4. The van der Waals surface area contributed by atoms with E-state index in [0.29, 0.717) is 0 Å². The van der Waals surface area contributed by atoms with E-state index in [4.69, 9.17) is 5.11 Å². The van der Waals surface area contributed by atoms with Crippen LogP contribution in [0.3, 0.4) is 0 Å². The number of hydrogen-bond donors (Lipinski definition) is 2. The Hall–Kier alpha value is -0.0800. The number of aliphatic hydroxyl groups excluding tert-OH is 2. The van der Waals surface area contributed by atoms with Gasteiger partial charge in [-0.15, -0.1) is 0 Å². The largest absolute Gasteiger partial charge is 0.394 e. The van der Waals surface area contributed by atoms with Crippen molar-refractivity contribution in [3.8, 4) is 0 Å². The molecule has 0 saturated carbocycles. The Morgan fingerprint density at radius 1 is 0.480 bits per heavy atom. The SMILES string of the molecule is CCCCCCCCCCCCCCCCCCCCCC(O)CO. The minimum absolute atomic E-state index is 0.0843. The van der Waals surface area contributed by atoms with Gasteiger partial charge in [0.25, 0.3) is 0 Å². The molecular weight excluding hydrogens is 308 g/mol. The molecule has 25 heavy (non-hydrogen) atoms. The van der Waals surface area contributed by atoms with Gasteiger partial charge in [-0.2, -0.15) is 0 Å². The van der Waals surface area contributed by atoms with Gasteiger partial charge in [-0.1, -0.05) is 129 Å². The first kappa shape index (κ1) is 24.9. The van der Waals surface area contributed by atoms with E-state index in [9.17, 15) is 5.11 Å². The fourth-order valence-corrected chi connectivity index (χ4v) is 3.55.